The van der Waals surface area contributed by atoms with Crippen molar-refractivity contribution in [1.29, 1.82) is 0 Å². The molecule has 0 saturated carbocycles. The lowest BCUT2D eigenvalue weighted by Gasteiger charge is -2.06. The molecular formula is C9H11ClO2. The average Bonchev–Trinajstić information content (AvgIpc) is 1.96. The molecule has 0 amide bonds. The van der Waals surface area contributed by atoms with Crippen molar-refractivity contribution in [2.24, 2.45) is 0 Å². The van der Waals surface area contributed by atoms with E-state index in [1.54, 1.807) is 19.1 Å². The van der Waals surface area contributed by atoms with E-state index < -0.39 is 6.10 Å². The van der Waals surface area contributed by atoms with Crippen molar-refractivity contribution in [2.45, 2.75) is 19.4 Å². The molecule has 0 heterocycles. The van der Waals surface area contributed by atoms with Crippen molar-refractivity contribution in [2.75, 3.05) is 0 Å². The molecule has 0 aliphatic rings. The van der Waals surface area contributed by atoms with Gasteiger partial charge in [0.05, 0.1) is 6.10 Å². The molecule has 2 N–H and O–H groups in total. The largest absolute Gasteiger partial charge is 0.508 e. The third kappa shape index (κ3) is 2.40. The first-order valence-corrected chi connectivity index (χ1v) is 4.13. The molecule has 0 aliphatic carbocycles. The topological polar surface area (TPSA) is 40.5 Å². The first kappa shape index (κ1) is 9.36. The summed E-state index contributed by atoms with van der Waals surface area (Å²) in [6.45, 7) is 1.67. The van der Waals surface area contributed by atoms with E-state index in [9.17, 15) is 5.11 Å². The van der Waals surface area contributed by atoms with Crippen LogP contribution in [0, 0.1) is 0 Å². The lowest BCUT2D eigenvalue weighted by molar-refractivity contribution is 0.194. The van der Waals surface area contributed by atoms with Gasteiger partial charge in [-0.1, -0.05) is 11.6 Å². The maximum Gasteiger partial charge on any atom is 0.118 e. The summed E-state index contributed by atoms with van der Waals surface area (Å²) in [6, 6.07) is 4.80. The number of phenolic OH excluding ortho intramolecular Hbond substituents is 1. The summed E-state index contributed by atoms with van der Waals surface area (Å²) in [6.07, 6.45) is -0.0405. The third-order valence-corrected chi connectivity index (χ3v) is 1.79. The molecule has 0 fully saturated rings. The van der Waals surface area contributed by atoms with E-state index in [4.69, 9.17) is 16.7 Å². The van der Waals surface area contributed by atoms with Gasteiger partial charge in [-0.25, -0.2) is 0 Å². The van der Waals surface area contributed by atoms with Crippen LogP contribution < -0.4 is 0 Å². The molecule has 0 unspecified atom stereocenters. The third-order valence-electron chi connectivity index (χ3n) is 1.56. The molecule has 0 saturated heterocycles. The van der Waals surface area contributed by atoms with Crippen LogP contribution in [0.2, 0.25) is 5.02 Å². The summed E-state index contributed by atoms with van der Waals surface area (Å²) < 4.78 is 0. The van der Waals surface area contributed by atoms with Gasteiger partial charge in [0.1, 0.15) is 5.75 Å². The predicted octanol–water partition coefficient (Wildman–Crippen LogP) is 1.97. The Labute approximate surface area is 76.4 Å². The van der Waals surface area contributed by atoms with Gasteiger partial charge in [0, 0.05) is 11.4 Å². The van der Waals surface area contributed by atoms with Gasteiger partial charge in [0.2, 0.25) is 0 Å². The van der Waals surface area contributed by atoms with Gasteiger partial charge in [-0.05, 0) is 30.7 Å². The van der Waals surface area contributed by atoms with E-state index in [0.717, 1.165) is 0 Å². The summed E-state index contributed by atoms with van der Waals surface area (Å²) in [5, 5.41) is 19.0. The molecule has 1 aromatic rings. The number of aliphatic hydroxyl groups excluding tert-OH is 1. The Morgan fingerprint density at radius 1 is 1.50 bits per heavy atom. The van der Waals surface area contributed by atoms with Crippen molar-refractivity contribution in [3.63, 3.8) is 0 Å². The van der Waals surface area contributed by atoms with Crippen LogP contribution in [-0.2, 0) is 6.42 Å². The monoisotopic (exact) mass is 186 g/mol. The average molecular weight is 187 g/mol. The minimum absolute atomic E-state index is 0.181. The van der Waals surface area contributed by atoms with Crippen molar-refractivity contribution in [3.8, 4) is 5.75 Å². The van der Waals surface area contributed by atoms with Crippen LogP contribution in [0.25, 0.3) is 0 Å². The fourth-order valence-corrected chi connectivity index (χ4v) is 1.23. The molecule has 1 aromatic carbocycles. The van der Waals surface area contributed by atoms with E-state index in [-0.39, 0.29) is 5.75 Å². The van der Waals surface area contributed by atoms with Crippen LogP contribution >= 0.6 is 11.6 Å². The molecule has 3 heteroatoms. The smallest absolute Gasteiger partial charge is 0.118 e. The van der Waals surface area contributed by atoms with Crippen LogP contribution in [0.4, 0.5) is 0 Å². The Kier molecular flexibility index (Phi) is 2.95. The number of benzene rings is 1. The molecule has 0 spiro atoms. The fraction of sp³-hybridized carbons (Fsp3) is 0.333. The minimum Gasteiger partial charge on any atom is -0.508 e. The molecule has 2 nitrogen and oxygen atoms in total. The van der Waals surface area contributed by atoms with E-state index in [1.165, 1.54) is 6.07 Å². The Morgan fingerprint density at radius 2 is 2.17 bits per heavy atom. The van der Waals surface area contributed by atoms with Crippen molar-refractivity contribution in [1.82, 2.24) is 0 Å². The van der Waals surface area contributed by atoms with Crippen molar-refractivity contribution < 1.29 is 10.2 Å². The Bertz CT molecular complexity index is 271. The minimum atomic E-state index is -0.464. The highest BCUT2D eigenvalue weighted by Crippen LogP contribution is 2.22. The van der Waals surface area contributed by atoms with Gasteiger partial charge in [-0.3, -0.25) is 0 Å². The Morgan fingerprint density at radius 3 is 2.75 bits per heavy atom. The SMILES string of the molecule is C[C@H](O)Cc1cc(Cl)ccc1O. The fourth-order valence-electron chi connectivity index (χ4n) is 1.04. The summed E-state index contributed by atoms with van der Waals surface area (Å²) in [5.41, 5.74) is 0.678. The van der Waals surface area contributed by atoms with E-state index in [0.29, 0.717) is 17.0 Å². The zero-order valence-corrected chi connectivity index (χ0v) is 7.54. The number of hydrogen-bond donors (Lipinski definition) is 2. The zero-order valence-electron chi connectivity index (χ0n) is 6.79. The van der Waals surface area contributed by atoms with Crippen LogP contribution in [0.5, 0.6) is 5.75 Å². The summed E-state index contributed by atoms with van der Waals surface area (Å²) >= 11 is 5.71. The molecule has 0 aliphatic heterocycles. The molecule has 0 bridgehead atoms. The maximum atomic E-state index is 9.31. The zero-order chi connectivity index (χ0) is 9.14. The highest BCUT2D eigenvalue weighted by molar-refractivity contribution is 6.30. The Hall–Kier alpha value is -0.730. The second-order valence-corrected chi connectivity index (χ2v) is 3.26. The van der Waals surface area contributed by atoms with E-state index in [1.807, 2.05) is 0 Å². The molecule has 66 valence electrons. The molecule has 0 aromatic heterocycles. The van der Waals surface area contributed by atoms with Gasteiger partial charge in [-0.2, -0.15) is 0 Å². The van der Waals surface area contributed by atoms with Gasteiger partial charge >= 0.3 is 0 Å². The molecular weight excluding hydrogens is 176 g/mol. The van der Waals surface area contributed by atoms with E-state index >= 15 is 0 Å². The first-order chi connectivity index (χ1) is 5.59. The van der Waals surface area contributed by atoms with Crippen molar-refractivity contribution in [3.05, 3.63) is 28.8 Å². The molecule has 1 atom stereocenters. The Balaban J connectivity index is 2.90. The molecule has 12 heavy (non-hydrogen) atoms. The standard InChI is InChI=1S/C9H11ClO2/c1-6(11)4-7-5-8(10)2-3-9(7)12/h2-3,5-6,11-12H,4H2,1H3/t6-/m0/s1. The van der Waals surface area contributed by atoms with Gasteiger partial charge in [-0.15, -0.1) is 0 Å². The van der Waals surface area contributed by atoms with Crippen molar-refractivity contribution >= 4 is 11.6 Å². The first-order valence-electron chi connectivity index (χ1n) is 3.75. The quantitative estimate of drug-likeness (QED) is 0.742. The van der Waals surface area contributed by atoms with Crippen LogP contribution in [0.3, 0.4) is 0 Å². The predicted molar refractivity (Wildman–Crippen MR) is 48.5 cm³/mol. The maximum absolute atomic E-state index is 9.31. The van der Waals surface area contributed by atoms with Crippen LogP contribution in [-0.4, -0.2) is 16.3 Å². The van der Waals surface area contributed by atoms with Crippen LogP contribution in [0.15, 0.2) is 18.2 Å². The number of rotatable bonds is 2. The lowest BCUT2D eigenvalue weighted by atomic mass is 10.1. The molecule has 1 rings (SSSR count). The second kappa shape index (κ2) is 3.78. The van der Waals surface area contributed by atoms with Gasteiger partial charge in [0.25, 0.3) is 0 Å². The second-order valence-electron chi connectivity index (χ2n) is 2.83. The summed E-state index contributed by atoms with van der Waals surface area (Å²) in [7, 11) is 0. The number of aliphatic hydroxyl groups is 1. The number of phenols is 1. The highest BCUT2D eigenvalue weighted by atomic mass is 35.5. The van der Waals surface area contributed by atoms with Gasteiger partial charge < -0.3 is 10.2 Å². The normalized spacial score (nSPS) is 12.9. The van der Waals surface area contributed by atoms with Crippen LogP contribution in [0.1, 0.15) is 12.5 Å². The van der Waals surface area contributed by atoms with Gasteiger partial charge in [0.15, 0.2) is 0 Å². The molecule has 0 radical (unpaired) electrons. The number of hydrogen-bond acceptors (Lipinski definition) is 2. The highest BCUT2D eigenvalue weighted by Gasteiger charge is 2.04. The lowest BCUT2D eigenvalue weighted by Crippen LogP contribution is -2.04. The summed E-state index contributed by atoms with van der Waals surface area (Å²) in [4.78, 5) is 0. The summed E-state index contributed by atoms with van der Waals surface area (Å²) in [5.74, 6) is 0.181. The number of halogens is 1. The number of aromatic hydroxyl groups is 1. The van der Waals surface area contributed by atoms with E-state index in [2.05, 4.69) is 0 Å².